The maximum absolute atomic E-state index is 6.17. The van der Waals surface area contributed by atoms with Crippen molar-refractivity contribution >= 4 is 0 Å². The summed E-state index contributed by atoms with van der Waals surface area (Å²) in [4.78, 5) is 2.36. The molecule has 0 radical (unpaired) electrons. The molecule has 4 nitrogen and oxygen atoms in total. The Bertz CT molecular complexity index is 459. The quantitative estimate of drug-likeness (QED) is 0.818. The highest BCUT2D eigenvalue weighted by Crippen LogP contribution is 2.48. The molecule has 1 aromatic heterocycles. The lowest BCUT2D eigenvalue weighted by atomic mass is 10.0. The number of likely N-dealkylation sites (N-methyl/N-ethyl adjacent to an activating group) is 1. The first kappa shape index (κ1) is 15.1. The minimum Gasteiger partial charge on any atom is -0.464 e. The molecule has 118 valence electrons. The Labute approximate surface area is 127 Å². The Kier molecular flexibility index (Phi) is 4.67. The van der Waals surface area contributed by atoms with E-state index in [4.69, 9.17) is 9.15 Å². The van der Waals surface area contributed by atoms with E-state index in [-0.39, 0.29) is 12.1 Å². The Hall–Kier alpha value is -0.840. The third-order valence-electron chi connectivity index (χ3n) is 4.79. The van der Waals surface area contributed by atoms with Gasteiger partial charge >= 0.3 is 0 Å². The lowest BCUT2D eigenvalue weighted by Gasteiger charge is -2.38. The summed E-state index contributed by atoms with van der Waals surface area (Å²) in [5.74, 6) is 3.66. The SMILES string of the molecule is CCCNCC1OCCN(C)C1c1ccc(C2CC2C)o1. The predicted octanol–water partition coefficient (Wildman–Crippen LogP) is 2.77. The van der Waals surface area contributed by atoms with E-state index in [1.54, 1.807) is 0 Å². The van der Waals surface area contributed by atoms with E-state index in [2.05, 4.69) is 43.2 Å². The zero-order chi connectivity index (χ0) is 14.8. The second-order valence-electron chi connectivity index (χ2n) is 6.60. The van der Waals surface area contributed by atoms with Gasteiger partial charge in [0.15, 0.2) is 0 Å². The average Bonchev–Trinajstić information content (AvgIpc) is 3.00. The fourth-order valence-electron chi connectivity index (χ4n) is 3.30. The van der Waals surface area contributed by atoms with Crippen molar-refractivity contribution in [3.63, 3.8) is 0 Å². The van der Waals surface area contributed by atoms with Crippen LogP contribution < -0.4 is 5.32 Å². The average molecular weight is 292 g/mol. The summed E-state index contributed by atoms with van der Waals surface area (Å²) in [5.41, 5.74) is 0. The van der Waals surface area contributed by atoms with Crippen molar-refractivity contribution in [1.82, 2.24) is 10.2 Å². The molecule has 4 atom stereocenters. The molecule has 0 amide bonds. The maximum atomic E-state index is 6.17. The zero-order valence-corrected chi connectivity index (χ0v) is 13.5. The highest BCUT2D eigenvalue weighted by Gasteiger charge is 2.39. The first-order valence-electron chi connectivity index (χ1n) is 8.33. The van der Waals surface area contributed by atoms with Crippen LogP contribution in [0.1, 0.15) is 50.2 Å². The third kappa shape index (κ3) is 3.33. The van der Waals surface area contributed by atoms with E-state index in [1.807, 2.05) is 0 Å². The van der Waals surface area contributed by atoms with Gasteiger partial charge in [-0.3, -0.25) is 4.90 Å². The van der Waals surface area contributed by atoms with Crippen molar-refractivity contribution < 1.29 is 9.15 Å². The van der Waals surface area contributed by atoms with E-state index in [9.17, 15) is 0 Å². The molecule has 0 spiro atoms. The molecular weight excluding hydrogens is 264 g/mol. The van der Waals surface area contributed by atoms with Gasteiger partial charge in [0.25, 0.3) is 0 Å². The van der Waals surface area contributed by atoms with Crippen LogP contribution in [0.25, 0.3) is 0 Å². The Balaban J connectivity index is 1.70. The van der Waals surface area contributed by atoms with Crippen molar-refractivity contribution in [1.29, 1.82) is 0 Å². The van der Waals surface area contributed by atoms with Crippen LogP contribution in [-0.2, 0) is 4.74 Å². The number of rotatable bonds is 6. The fourth-order valence-corrected chi connectivity index (χ4v) is 3.30. The molecule has 1 aliphatic carbocycles. The van der Waals surface area contributed by atoms with Gasteiger partial charge in [-0.1, -0.05) is 13.8 Å². The molecule has 21 heavy (non-hydrogen) atoms. The molecule has 1 saturated carbocycles. The van der Waals surface area contributed by atoms with Crippen molar-refractivity contribution in [2.75, 3.05) is 33.3 Å². The van der Waals surface area contributed by atoms with Crippen molar-refractivity contribution in [2.45, 2.75) is 44.8 Å². The summed E-state index contributed by atoms with van der Waals surface area (Å²) in [5, 5.41) is 3.48. The topological polar surface area (TPSA) is 37.6 Å². The van der Waals surface area contributed by atoms with Gasteiger partial charge in [0.05, 0.1) is 18.8 Å². The Morgan fingerprint density at radius 2 is 2.10 bits per heavy atom. The molecule has 1 aliphatic heterocycles. The molecule has 2 fully saturated rings. The molecule has 0 bridgehead atoms. The van der Waals surface area contributed by atoms with Crippen molar-refractivity contribution in [3.8, 4) is 0 Å². The molecule has 0 aromatic carbocycles. The standard InChI is InChI=1S/C17H28N2O2/c1-4-7-18-11-16-17(19(3)8-9-20-16)15-6-5-14(21-15)13-10-12(13)2/h5-6,12-13,16-18H,4,7-11H2,1-3H3. The number of hydrogen-bond acceptors (Lipinski definition) is 4. The van der Waals surface area contributed by atoms with Gasteiger partial charge in [-0.2, -0.15) is 0 Å². The monoisotopic (exact) mass is 292 g/mol. The van der Waals surface area contributed by atoms with Gasteiger partial charge in [0, 0.05) is 19.0 Å². The minimum atomic E-state index is 0.172. The Morgan fingerprint density at radius 1 is 1.33 bits per heavy atom. The number of morpholine rings is 1. The molecular formula is C17H28N2O2. The molecule has 1 aromatic rings. The lowest BCUT2D eigenvalue weighted by Crippen LogP contribution is -2.47. The largest absolute Gasteiger partial charge is 0.464 e. The van der Waals surface area contributed by atoms with Gasteiger partial charge in [0.1, 0.15) is 11.5 Å². The molecule has 4 unspecified atom stereocenters. The van der Waals surface area contributed by atoms with Crippen molar-refractivity contribution in [3.05, 3.63) is 23.7 Å². The van der Waals surface area contributed by atoms with E-state index >= 15 is 0 Å². The summed E-state index contributed by atoms with van der Waals surface area (Å²) in [6.07, 6.45) is 2.59. The molecule has 2 heterocycles. The van der Waals surface area contributed by atoms with E-state index < -0.39 is 0 Å². The molecule has 1 N–H and O–H groups in total. The van der Waals surface area contributed by atoms with Crippen LogP contribution in [0, 0.1) is 5.92 Å². The smallest absolute Gasteiger partial charge is 0.124 e. The summed E-state index contributed by atoms with van der Waals surface area (Å²) >= 11 is 0. The molecule has 1 saturated heterocycles. The molecule has 2 aliphatic rings. The van der Waals surface area contributed by atoms with Crippen LogP contribution in [0.4, 0.5) is 0 Å². The minimum absolute atomic E-state index is 0.172. The number of furan rings is 1. The second-order valence-corrected chi connectivity index (χ2v) is 6.60. The number of nitrogens with zero attached hydrogens (tertiary/aromatic N) is 1. The summed E-state index contributed by atoms with van der Waals surface area (Å²) < 4.78 is 12.2. The van der Waals surface area contributed by atoms with Gasteiger partial charge in [0.2, 0.25) is 0 Å². The van der Waals surface area contributed by atoms with Gasteiger partial charge in [-0.15, -0.1) is 0 Å². The van der Waals surface area contributed by atoms with Crippen LogP contribution in [0.2, 0.25) is 0 Å². The van der Waals surface area contributed by atoms with Gasteiger partial charge in [-0.05, 0) is 44.5 Å². The van der Waals surface area contributed by atoms with Crippen LogP contribution >= 0.6 is 0 Å². The highest BCUT2D eigenvalue weighted by molar-refractivity contribution is 5.20. The first-order chi connectivity index (χ1) is 10.2. The molecule has 3 rings (SSSR count). The second kappa shape index (κ2) is 6.51. The van der Waals surface area contributed by atoms with Crippen LogP contribution in [0.5, 0.6) is 0 Å². The predicted molar refractivity (Wildman–Crippen MR) is 83.5 cm³/mol. The number of nitrogens with one attached hydrogen (secondary N) is 1. The third-order valence-corrected chi connectivity index (χ3v) is 4.79. The fraction of sp³-hybridized carbons (Fsp3) is 0.765. The first-order valence-corrected chi connectivity index (χ1v) is 8.33. The van der Waals surface area contributed by atoms with E-state index in [1.165, 1.54) is 6.42 Å². The van der Waals surface area contributed by atoms with E-state index in [0.717, 1.165) is 50.1 Å². The highest BCUT2D eigenvalue weighted by atomic mass is 16.5. The molecule has 4 heteroatoms. The number of ether oxygens (including phenoxy) is 1. The van der Waals surface area contributed by atoms with E-state index in [0.29, 0.717) is 5.92 Å². The maximum Gasteiger partial charge on any atom is 0.124 e. The summed E-state index contributed by atoms with van der Waals surface area (Å²) in [6.45, 7) is 8.18. The number of hydrogen-bond donors (Lipinski definition) is 1. The van der Waals surface area contributed by atoms with Crippen LogP contribution in [0.3, 0.4) is 0 Å². The summed E-state index contributed by atoms with van der Waals surface area (Å²) in [6, 6.07) is 4.55. The van der Waals surface area contributed by atoms with Crippen LogP contribution in [-0.4, -0.2) is 44.3 Å². The van der Waals surface area contributed by atoms with Crippen LogP contribution in [0.15, 0.2) is 16.5 Å². The van der Waals surface area contributed by atoms with Gasteiger partial charge in [-0.25, -0.2) is 0 Å². The normalized spacial score (nSPS) is 33.3. The van der Waals surface area contributed by atoms with Gasteiger partial charge < -0.3 is 14.5 Å². The lowest BCUT2D eigenvalue weighted by molar-refractivity contribution is -0.0677. The zero-order valence-electron chi connectivity index (χ0n) is 13.5. The Morgan fingerprint density at radius 3 is 2.81 bits per heavy atom. The summed E-state index contributed by atoms with van der Waals surface area (Å²) in [7, 11) is 2.17. The van der Waals surface area contributed by atoms with Crippen molar-refractivity contribution in [2.24, 2.45) is 5.92 Å².